The van der Waals surface area contributed by atoms with Gasteiger partial charge in [-0.2, -0.15) is 13.2 Å². The molecular weight excluding hydrogens is 803 g/mol. The fourth-order valence-electron chi connectivity index (χ4n) is 4.49. The fraction of sp³-hybridized carbons (Fsp3) is 0.167. The molecule has 1 aromatic heterocycles. The molecule has 5 rings (SSSR count). The zero-order valence-electron chi connectivity index (χ0n) is 22.4. The van der Waals surface area contributed by atoms with Gasteiger partial charge in [-0.05, 0) is 105 Å². The molecule has 0 saturated heterocycles. The smallest absolute Gasteiger partial charge is 0.434 e. The standard InChI is InChI=1S/C30H19BrClF4IN2O4S/c1-2-42-28(41)23-24(17-5-7-18(32)8-6-17)39-27(40)22(44-29(39)38-26(23)30(34,35)36)13-16-11-20(31)25(21(37)12-16)43-14-15-3-9-19(33)10-4-15/h3-13,24H,2,14H2,1H3/b22-13-/t24-/m0/s1. The molecule has 0 saturated carbocycles. The van der Waals surface area contributed by atoms with Crippen LogP contribution in [0.3, 0.4) is 0 Å². The maximum atomic E-state index is 14.3. The number of hydrogen-bond acceptors (Lipinski definition) is 6. The quantitative estimate of drug-likeness (QED) is 0.114. The zero-order chi connectivity index (χ0) is 31.8. The molecule has 0 N–H and O–H groups in total. The number of ether oxygens (including phenoxy) is 2. The molecule has 3 aromatic carbocycles. The molecule has 228 valence electrons. The average molecular weight is 822 g/mol. The van der Waals surface area contributed by atoms with E-state index in [1.807, 2.05) is 0 Å². The van der Waals surface area contributed by atoms with Crippen molar-refractivity contribution in [2.75, 3.05) is 6.61 Å². The van der Waals surface area contributed by atoms with Crippen LogP contribution in [0.15, 0.2) is 86.2 Å². The summed E-state index contributed by atoms with van der Waals surface area (Å²) < 4.78 is 69.5. The van der Waals surface area contributed by atoms with Crippen LogP contribution in [0.2, 0.25) is 5.02 Å². The van der Waals surface area contributed by atoms with Gasteiger partial charge in [-0.1, -0.05) is 47.2 Å². The van der Waals surface area contributed by atoms with Gasteiger partial charge in [-0.3, -0.25) is 9.36 Å². The van der Waals surface area contributed by atoms with Gasteiger partial charge in [0.2, 0.25) is 0 Å². The number of fused-ring (bicyclic) bond motifs is 1. The van der Waals surface area contributed by atoms with E-state index in [9.17, 15) is 27.2 Å². The molecule has 1 aliphatic heterocycles. The first-order valence-corrected chi connectivity index (χ1v) is 15.9. The van der Waals surface area contributed by atoms with E-state index in [2.05, 4.69) is 43.5 Å². The Morgan fingerprint density at radius 1 is 1.16 bits per heavy atom. The molecular formula is C30H19BrClF4IN2O4S. The normalized spacial score (nSPS) is 15.2. The highest BCUT2D eigenvalue weighted by Crippen LogP contribution is 2.38. The van der Waals surface area contributed by atoms with Crippen LogP contribution in [0.25, 0.3) is 6.08 Å². The van der Waals surface area contributed by atoms with Gasteiger partial charge >= 0.3 is 12.1 Å². The third-order valence-corrected chi connectivity index (χ3v) is 9.02. The zero-order valence-corrected chi connectivity index (χ0v) is 27.7. The van der Waals surface area contributed by atoms with Gasteiger partial charge in [0.1, 0.15) is 18.2 Å². The van der Waals surface area contributed by atoms with E-state index >= 15 is 0 Å². The van der Waals surface area contributed by atoms with Crippen molar-refractivity contribution in [3.63, 3.8) is 0 Å². The molecule has 4 aromatic rings. The van der Waals surface area contributed by atoms with Crippen LogP contribution in [0.5, 0.6) is 5.75 Å². The highest BCUT2D eigenvalue weighted by atomic mass is 127. The van der Waals surface area contributed by atoms with Crippen LogP contribution in [0.4, 0.5) is 17.6 Å². The monoisotopic (exact) mass is 820 g/mol. The van der Waals surface area contributed by atoms with E-state index < -0.39 is 35.0 Å². The molecule has 1 atom stereocenters. The highest BCUT2D eigenvalue weighted by Gasteiger charge is 2.45. The van der Waals surface area contributed by atoms with Crippen molar-refractivity contribution in [2.24, 2.45) is 4.99 Å². The molecule has 6 nitrogen and oxygen atoms in total. The van der Waals surface area contributed by atoms with Crippen LogP contribution in [0.1, 0.15) is 29.7 Å². The van der Waals surface area contributed by atoms with Crippen molar-refractivity contribution in [2.45, 2.75) is 25.7 Å². The number of allylic oxidation sites excluding steroid dienone is 1. The predicted octanol–water partition coefficient (Wildman–Crippen LogP) is 7.08. The van der Waals surface area contributed by atoms with Crippen LogP contribution in [0, 0.1) is 9.39 Å². The Balaban J connectivity index is 1.61. The Morgan fingerprint density at radius 2 is 1.84 bits per heavy atom. The molecule has 0 fully saturated rings. The Morgan fingerprint density at radius 3 is 2.45 bits per heavy atom. The molecule has 0 spiro atoms. The number of alkyl halides is 3. The van der Waals surface area contributed by atoms with E-state index in [0.29, 0.717) is 24.4 Å². The van der Waals surface area contributed by atoms with E-state index in [-0.39, 0.29) is 33.9 Å². The summed E-state index contributed by atoms with van der Waals surface area (Å²) in [6.45, 7) is 1.47. The Hall–Kier alpha value is -3.01. The van der Waals surface area contributed by atoms with Gasteiger partial charge in [0.05, 0.1) is 30.8 Å². The summed E-state index contributed by atoms with van der Waals surface area (Å²) in [5.41, 5.74) is -1.32. The van der Waals surface area contributed by atoms with Gasteiger partial charge < -0.3 is 9.47 Å². The molecule has 0 unspecified atom stereocenters. The Kier molecular flexibility index (Phi) is 9.68. The van der Waals surface area contributed by atoms with Crippen LogP contribution >= 0.6 is 61.5 Å². The van der Waals surface area contributed by atoms with Crippen LogP contribution in [-0.2, 0) is 16.1 Å². The first-order chi connectivity index (χ1) is 20.9. The number of esters is 1. The second-order valence-electron chi connectivity index (χ2n) is 9.34. The number of carbonyl (C=O) groups is 1. The number of nitrogens with zero attached hydrogens (tertiary/aromatic N) is 2. The van der Waals surface area contributed by atoms with Gasteiger partial charge in [-0.25, -0.2) is 14.2 Å². The summed E-state index contributed by atoms with van der Waals surface area (Å²) in [7, 11) is 0. The Bertz CT molecular complexity index is 1940. The second kappa shape index (κ2) is 13.2. The lowest BCUT2D eigenvalue weighted by Gasteiger charge is -2.26. The van der Waals surface area contributed by atoms with Crippen molar-refractivity contribution in [1.29, 1.82) is 0 Å². The van der Waals surface area contributed by atoms with Crippen LogP contribution in [-0.4, -0.2) is 23.3 Å². The van der Waals surface area contributed by atoms with E-state index in [0.717, 1.165) is 21.5 Å². The third-order valence-electron chi connectivity index (χ3n) is 6.40. The van der Waals surface area contributed by atoms with E-state index in [1.54, 1.807) is 24.3 Å². The SMILES string of the molecule is CCOC(=O)C1=C(C(F)(F)F)N=c2s/c(=C\c3cc(Br)c(OCc4ccc(F)cc4)c(I)c3)c(=O)n2[C@H]1c1ccc(Cl)cc1. The van der Waals surface area contributed by atoms with Gasteiger partial charge in [0, 0.05) is 5.02 Å². The molecule has 1 aliphatic rings. The lowest BCUT2D eigenvalue weighted by molar-refractivity contribution is -0.140. The molecule has 44 heavy (non-hydrogen) atoms. The average Bonchev–Trinajstić information content (AvgIpc) is 3.27. The lowest BCUT2D eigenvalue weighted by Crippen LogP contribution is -2.41. The maximum absolute atomic E-state index is 14.3. The summed E-state index contributed by atoms with van der Waals surface area (Å²) in [4.78, 5) is 30.3. The maximum Gasteiger partial charge on any atom is 0.434 e. The number of rotatable bonds is 7. The molecule has 14 heteroatoms. The summed E-state index contributed by atoms with van der Waals surface area (Å²) in [6.07, 6.45) is -3.48. The minimum absolute atomic E-state index is 0.0945. The van der Waals surface area contributed by atoms with Gasteiger partial charge in [-0.15, -0.1) is 0 Å². The molecule has 2 heterocycles. The molecule has 0 bridgehead atoms. The first-order valence-electron chi connectivity index (χ1n) is 12.8. The van der Waals surface area contributed by atoms with Gasteiger partial charge in [0.15, 0.2) is 10.5 Å². The lowest BCUT2D eigenvalue weighted by atomic mass is 9.95. The number of benzene rings is 3. The minimum atomic E-state index is -5.01. The molecule has 0 radical (unpaired) electrons. The number of aromatic nitrogens is 1. The van der Waals surface area contributed by atoms with E-state index in [4.69, 9.17) is 21.1 Å². The largest absolute Gasteiger partial charge is 0.487 e. The van der Waals surface area contributed by atoms with Crippen molar-refractivity contribution < 1.29 is 31.8 Å². The highest BCUT2D eigenvalue weighted by molar-refractivity contribution is 14.1. The number of thiazole rings is 1. The summed E-state index contributed by atoms with van der Waals surface area (Å²) in [6, 6.07) is 13.7. The molecule has 0 aliphatic carbocycles. The Labute approximate surface area is 278 Å². The van der Waals surface area contributed by atoms with E-state index in [1.165, 1.54) is 49.4 Å². The minimum Gasteiger partial charge on any atom is -0.487 e. The van der Waals surface area contributed by atoms with Crippen LogP contribution < -0.4 is 19.6 Å². The number of hydrogen-bond donors (Lipinski definition) is 0. The molecule has 0 amide bonds. The summed E-state index contributed by atoms with van der Waals surface area (Å²) in [5.74, 6) is -1.07. The third kappa shape index (κ3) is 6.80. The summed E-state index contributed by atoms with van der Waals surface area (Å²) in [5, 5.41) is 0.323. The predicted molar refractivity (Wildman–Crippen MR) is 170 cm³/mol. The van der Waals surface area contributed by atoms with Crippen molar-refractivity contribution in [3.05, 3.63) is 127 Å². The number of halogens is 7. The second-order valence-corrected chi connectivity index (χ2v) is 12.8. The first kappa shape index (κ1) is 32.4. The van der Waals surface area contributed by atoms with Crippen molar-refractivity contribution >= 4 is 73.5 Å². The van der Waals surface area contributed by atoms with Crippen molar-refractivity contribution in [1.82, 2.24) is 4.57 Å². The van der Waals surface area contributed by atoms with Gasteiger partial charge in [0.25, 0.3) is 5.56 Å². The summed E-state index contributed by atoms with van der Waals surface area (Å²) >= 11 is 12.3. The van der Waals surface area contributed by atoms with Crippen molar-refractivity contribution in [3.8, 4) is 5.75 Å². The number of carbonyl (C=O) groups excluding carboxylic acids is 1. The fourth-order valence-corrected chi connectivity index (χ4v) is 7.38. The topological polar surface area (TPSA) is 69.9 Å².